The van der Waals surface area contributed by atoms with Crippen LogP contribution in [0.25, 0.3) is 6.08 Å². The molecule has 0 fully saturated rings. The molecule has 0 aliphatic carbocycles. The van der Waals surface area contributed by atoms with Crippen molar-refractivity contribution in [2.45, 2.75) is 27.2 Å². The van der Waals surface area contributed by atoms with Crippen LogP contribution in [0.15, 0.2) is 35.3 Å². The first-order valence-corrected chi connectivity index (χ1v) is 7.97. The van der Waals surface area contributed by atoms with E-state index in [0.29, 0.717) is 0 Å². The van der Waals surface area contributed by atoms with Gasteiger partial charge in [-0.1, -0.05) is 25.1 Å². The summed E-state index contributed by atoms with van der Waals surface area (Å²) in [6.45, 7) is 6.47. The summed E-state index contributed by atoms with van der Waals surface area (Å²) in [6.07, 6.45) is 8.67. The molecule has 0 radical (unpaired) electrons. The summed E-state index contributed by atoms with van der Waals surface area (Å²) in [5.74, 6) is 1.04. The lowest BCUT2D eigenvalue weighted by Crippen LogP contribution is -1.96. The van der Waals surface area contributed by atoms with Crippen molar-refractivity contribution in [1.82, 2.24) is 0 Å². The molecule has 0 heterocycles. The van der Waals surface area contributed by atoms with Crippen molar-refractivity contribution in [3.63, 3.8) is 0 Å². The third-order valence-corrected chi connectivity index (χ3v) is 3.63. The Morgan fingerprint density at radius 1 is 1.40 bits per heavy atom. The predicted octanol–water partition coefficient (Wildman–Crippen LogP) is 4.63. The smallest absolute Gasteiger partial charge is 0.166 e. The summed E-state index contributed by atoms with van der Waals surface area (Å²) in [4.78, 5) is 12.0. The van der Waals surface area contributed by atoms with Gasteiger partial charge >= 0.3 is 0 Å². The number of rotatable bonds is 7. The quantitative estimate of drug-likeness (QED) is 0.541. The molecule has 0 unspecified atom stereocenters. The average Bonchev–Trinajstić information content (AvgIpc) is 2.42. The van der Waals surface area contributed by atoms with Crippen LogP contribution < -0.4 is 4.74 Å². The van der Waals surface area contributed by atoms with Gasteiger partial charge in [-0.05, 0) is 55.9 Å². The van der Waals surface area contributed by atoms with Crippen molar-refractivity contribution < 1.29 is 9.53 Å². The van der Waals surface area contributed by atoms with Crippen LogP contribution in [0, 0.1) is 6.92 Å². The van der Waals surface area contributed by atoms with E-state index >= 15 is 0 Å². The van der Waals surface area contributed by atoms with Crippen molar-refractivity contribution >= 4 is 23.6 Å². The van der Waals surface area contributed by atoms with E-state index in [-0.39, 0.29) is 5.78 Å². The lowest BCUT2D eigenvalue weighted by atomic mass is 10.1. The molecular formula is C17H22O2S. The van der Waals surface area contributed by atoms with E-state index in [1.807, 2.05) is 43.5 Å². The Kier molecular flexibility index (Phi) is 7.16. The van der Waals surface area contributed by atoms with Crippen LogP contribution >= 0.6 is 11.8 Å². The molecule has 0 amide bonds. The number of allylic oxidation sites excluding steroid dienone is 3. The van der Waals surface area contributed by atoms with E-state index in [9.17, 15) is 4.79 Å². The molecule has 0 atom stereocenters. The normalized spacial score (nSPS) is 11.9. The zero-order valence-corrected chi connectivity index (χ0v) is 13.4. The number of carbonyl (C=O) groups is 1. The van der Waals surface area contributed by atoms with E-state index in [4.69, 9.17) is 4.74 Å². The van der Waals surface area contributed by atoms with E-state index in [1.165, 1.54) is 11.8 Å². The number of hydrogen-bond acceptors (Lipinski definition) is 3. The Hall–Kier alpha value is -1.48. The summed E-state index contributed by atoms with van der Waals surface area (Å²) in [6, 6.07) is 6.10. The lowest BCUT2D eigenvalue weighted by Gasteiger charge is -2.08. The van der Waals surface area contributed by atoms with Gasteiger partial charge in [-0.2, -0.15) is 0 Å². The molecule has 0 aliphatic heterocycles. The molecule has 1 aromatic carbocycles. The molecule has 0 saturated heterocycles. The number of Topliss-reactive ketones (excluding diaryl/α,β-unsaturated/α-hetero) is 1. The number of benzene rings is 1. The van der Waals surface area contributed by atoms with E-state index in [0.717, 1.165) is 34.8 Å². The van der Waals surface area contributed by atoms with Gasteiger partial charge in [0.05, 0.1) is 6.61 Å². The molecule has 0 aromatic heterocycles. The monoisotopic (exact) mass is 290 g/mol. The van der Waals surface area contributed by atoms with Gasteiger partial charge in [0, 0.05) is 4.91 Å². The van der Waals surface area contributed by atoms with Crippen LogP contribution in [0.3, 0.4) is 0 Å². The minimum Gasteiger partial charge on any atom is -0.493 e. The zero-order valence-electron chi connectivity index (χ0n) is 12.6. The highest BCUT2D eigenvalue weighted by Gasteiger charge is 2.00. The zero-order chi connectivity index (χ0) is 15.0. The van der Waals surface area contributed by atoms with Gasteiger partial charge < -0.3 is 4.74 Å². The number of thioether (sulfide) groups is 1. The summed E-state index contributed by atoms with van der Waals surface area (Å²) in [5, 5.41) is 0. The third kappa shape index (κ3) is 5.25. The average molecular weight is 290 g/mol. The van der Waals surface area contributed by atoms with Crippen LogP contribution in [0.4, 0.5) is 0 Å². The fourth-order valence-corrected chi connectivity index (χ4v) is 2.23. The number of ether oxygens (including phenoxy) is 1. The molecule has 3 heteroatoms. The fourth-order valence-electron chi connectivity index (χ4n) is 1.73. The molecule has 0 saturated carbocycles. The van der Waals surface area contributed by atoms with Crippen LogP contribution in [0.5, 0.6) is 5.75 Å². The molecule has 108 valence electrons. The highest BCUT2D eigenvalue weighted by Crippen LogP contribution is 2.20. The van der Waals surface area contributed by atoms with Gasteiger partial charge in [-0.15, -0.1) is 11.8 Å². The maximum atomic E-state index is 11.3. The maximum Gasteiger partial charge on any atom is 0.166 e. The van der Waals surface area contributed by atoms with Gasteiger partial charge in [-0.25, -0.2) is 0 Å². The Labute approximate surface area is 125 Å². The molecule has 1 aromatic rings. The minimum absolute atomic E-state index is 0.0987. The molecular weight excluding hydrogens is 268 g/mol. The van der Waals surface area contributed by atoms with Crippen molar-refractivity contribution in [2.24, 2.45) is 0 Å². The largest absolute Gasteiger partial charge is 0.493 e. The SMILES string of the molecule is CCCOc1ccc(/C=C/C=C(\SC)C(C)=O)cc1C. The molecule has 0 N–H and O–H groups in total. The molecule has 20 heavy (non-hydrogen) atoms. The van der Waals surface area contributed by atoms with Crippen molar-refractivity contribution in [2.75, 3.05) is 12.9 Å². The topological polar surface area (TPSA) is 26.3 Å². The Morgan fingerprint density at radius 3 is 2.70 bits per heavy atom. The Bertz CT molecular complexity index is 516. The van der Waals surface area contributed by atoms with E-state index < -0.39 is 0 Å². The van der Waals surface area contributed by atoms with Crippen LogP contribution in [-0.4, -0.2) is 18.6 Å². The second-order valence-electron chi connectivity index (χ2n) is 4.52. The van der Waals surface area contributed by atoms with E-state index in [2.05, 4.69) is 13.0 Å². The van der Waals surface area contributed by atoms with Gasteiger partial charge in [0.2, 0.25) is 0 Å². The molecule has 0 bridgehead atoms. The first-order chi connectivity index (χ1) is 9.58. The number of carbonyl (C=O) groups excluding carboxylic acids is 1. The fraction of sp³-hybridized carbons (Fsp3) is 0.353. The van der Waals surface area contributed by atoms with Crippen molar-refractivity contribution in [3.05, 3.63) is 46.4 Å². The lowest BCUT2D eigenvalue weighted by molar-refractivity contribution is -0.112. The number of ketones is 1. The first-order valence-electron chi connectivity index (χ1n) is 6.75. The van der Waals surface area contributed by atoms with Gasteiger partial charge in [0.1, 0.15) is 5.75 Å². The maximum absolute atomic E-state index is 11.3. The second kappa shape index (κ2) is 8.64. The summed E-state index contributed by atoms with van der Waals surface area (Å²) < 4.78 is 5.65. The highest BCUT2D eigenvalue weighted by atomic mass is 32.2. The van der Waals surface area contributed by atoms with Crippen LogP contribution in [0.1, 0.15) is 31.4 Å². The van der Waals surface area contributed by atoms with Crippen molar-refractivity contribution in [3.8, 4) is 5.75 Å². The minimum atomic E-state index is 0.0987. The standard InChI is InChI=1S/C17H22O2S/c1-5-11-19-16-10-9-15(12-13(16)2)7-6-8-17(20-4)14(3)18/h6-10,12H,5,11H2,1-4H3/b7-6+,17-8-. The summed E-state index contributed by atoms with van der Waals surface area (Å²) in [5.41, 5.74) is 2.23. The predicted molar refractivity (Wildman–Crippen MR) is 88.3 cm³/mol. The van der Waals surface area contributed by atoms with Crippen LogP contribution in [0.2, 0.25) is 0 Å². The second-order valence-corrected chi connectivity index (χ2v) is 5.37. The van der Waals surface area contributed by atoms with Crippen molar-refractivity contribution in [1.29, 1.82) is 0 Å². The summed E-state index contributed by atoms with van der Waals surface area (Å²) >= 11 is 1.47. The number of hydrogen-bond donors (Lipinski definition) is 0. The molecule has 0 spiro atoms. The highest BCUT2D eigenvalue weighted by molar-refractivity contribution is 8.03. The van der Waals surface area contributed by atoms with E-state index in [1.54, 1.807) is 6.92 Å². The Morgan fingerprint density at radius 2 is 2.15 bits per heavy atom. The van der Waals surface area contributed by atoms with Crippen LogP contribution in [-0.2, 0) is 4.79 Å². The summed E-state index contributed by atoms with van der Waals surface area (Å²) in [7, 11) is 0. The number of aryl methyl sites for hydroxylation is 1. The first kappa shape index (κ1) is 16.6. The Balaban J connectivity index is 2.78. The van der Waals surface area contributed by atoms with Gasteiger partial charge in [0.25, 0.3) is 0 Å². The van der Waals surface area contributed by atoms with Gasteiger partial charge in [-0.3, -0.25) is 4.79 Å². The molecule has 2 nitrogen and oxygen atoms in total. The molecule has 1 rings (SSSR count). The molecule has 0 aliphatic rings. The van der Waals surface area contributed by atoms with Gasteiger partial charge in [0.15, 0.2) is 5.78 Å². The third-order valence-electron chi connectivity index (χ3n) is 2.76.